The highest BCUT2D eigenvalue weighted by Gasteiger charge is 2.90. The molecule has 5 fully saturated rings. The molecule has 5 aliphatic rings. The average Bonchev–Trinajstić information content (AvgIpc) is 2.96. The predicted molar refractivity (Wildman–Crippen MR) is 118 cm³/mol. The van der Waals surface area contributed by atoms with Crippen molar-refractivity contribution >= 4 is 44.0 Å². The van der Waals surface area contributed by atoms with Crippen molar-refractivity contribution in [3.05, 3.63) is 0 Å². The Kier molecular flexibility index (Phi) is 4.44. The number of esters is 1. The normalized spacial score (nSPS) is 52.9. The van der Waals surface area contributed by atoms with Crippen molar-refractivity contribution in [3.63, 3.8) is 0 Å². The molecule has 0 unspecified atom stereocenters. The Morgan fingerprint density at radius 3 is 2.47 bits per heavy atom. The molecule has 7 heteroatoms. The van der Waals surface area contributed by atoms with Gasteiger partial charge in [0.2, 0.25) is 0 Å². The van der Waals surface area contributed by atoms with E-state index in [0.717, 1.165) is 38.5 Å². The van der Waals surface area contributed by atoms with Crippen molar-refractivity contribution < 1.29 is 23.8 Å². The van der Waals surface area contributed by atoms with Gasteiger partial charge in [0.05, 0.1) is 15.8 Å². The number of carbonyl (C=O) groups is 2. The summed E-state index contributed by atoms with van der Waals surface area (Å²) in [7, 11) is 1.51. The molecule has 168 valence electrons. The number of methoxy groups -OCH3 is 1. The van der Waals surface area contributed by atoms with E-state index in [2.05, 4.69) is 59.6 Å². The lowest BCUT2D eigenvalue weighted by atomic mass is 9.42. The Bertz CT molecular complexity index is 813. The Labute approximate surface area is 195 Å². The lowest BCUT2D eigenvalue weighted by Gasteiger charge is -2.62. The molecule has 5 nitrogen and oxygen atoms in total. The van der Waals surface area contributed by atoms with Gasteiger partial charge in [-0.25, -0.2) is 4.79 Å². The van der Waals surface area contributed by atoms with E-state index in [9.17, 15) is 9.59 Å². The molecule has 0 bridgehead atoms. The van der Waals surface area contributed by atoms with Crippen molar-refractivity contribution in [2.45, 2.75) is 81.2 Å². The lowest BCUT2D eigenvalue weighted by Crippen LogP contribution is -2.64. The van der Waals surface area contributed by atoms with Gasteiger partial charge >= 0.3 is 12.1 Å². The first-order valence-corrected chi connectivity index (χ1v) is 12.9. The summed E-state index contributed by atoms with van der Waals surface area (Å²) < 4.78 is 16.9. The van der Waals surface area contributed by atoms with Gasteiger partial charge in [0, 0.05) is 5.41 Å². The second-order valence-electron chi connectivity index (χ2n) is 11.2. The molecule has 8 atom stereocenters. The highest BCUT2D eigenvalue weighted by atomic mass is 79.9. The fraction of sp³-hybridized carbons (Fsp3) is 0.913. The third-order valence-corrected chi connectivity index (χ3v) is 12.6. The number of hydrogen-bond donors (Lipinski definition) is 0. The van der Waals surface area contributed by atoms with Crippen LogP contribution in [0.25, 0.3) is 0 Å². The molecule has 0 amide bonds. The molecule has 1 aliphatic heterocycles. The first-order chi connectivity index (χ1) is 13.9. The predicted octanol–water partition coefficient (Wildman–Crippen LogP) is 5.82. The number of alkyl halides is 2. The number of fused-ring (bicyclic) bond motifs is 3. The smallest absolute Gasteiger partial charge is 0.469 e. The Morgan fingerprint density at radius 1 is 1.13 bits per heavy atom. The molecule has 0 radical (unpaired) electrons. The largest absolute Gasteiger partial charge is 0.509 e. The summed E-state index contributed by atoms with van der Waals surface area (Å²) in [6.07, 6.45) is 4.89. The highest BCUT2D eigenvalue weighted by Crippen LogP contribution is 2.88. The summed E-state index contributed by atoms with van der Waals surface area (Å²) in [6.45, 7) is 8.76. The van der Waals surface area contributed by atoms with Crippen molar-refractivity contribution in [1.82, 2.24) is 0 Å². The molecular weight excluding hydrogens is 516 g/mol. The van der Waals surface area contributed by atoms with Crippen molar-refractivity contribution in [1.29, 1.82) is 0 Å². The Morgan fingerprint density at radius 2 is 1.83 bits per heavy atom. The number of carbonyl (C=O) groups excluding carboxylic acids is 2. The molecule has 0 aromatic carbocycles. The number of rotatable bonds is 2. The van der Waals surface area contributed by atoms with Gasteiger partial charge in [-0.1, -0.05) is 59.1 Å². The summed E-state index contributed by atoms with van der Waals surface area (Å²) in [6, 6.07) is 0. The molecule has 5 rings (SSSR count). The fourth-order valence-electron chi connectivity index (χ4n) is 8.75. The maximum absolute atomic E-state index is 13.0. The Hall–Kier alpha value is -0.300. The van der Waals surface area contributed by atoms with Crippen LogP contribution in [0.1, 0.15) is 66.2 Å². The van der Waals surface area contributed by atoms with Crippen LogP contribution in [0.5, 0.6) is 0 Å². The molecule has 4 aliphatic carbocycles. The van der Waals surface area contributed by atoms with Crippen molar-refractivity contribution in [2.75, 3.05) is 7.11 Å². The van der Waals surface area contributed by atoms with Gasteiger partial charge in [0.15, 0.2) is 11.7 Å². The van der Waals surface area contributed by atoms with Gasteiger partial charge in [0.25, 0.3) is 0 Å². The van der Waals surface area contributed by atoms with Gasteiger partial charge in [0.1, 0.15) is 0 Å². The van der Waals surface area contributed by atoms with E-state index in [1.807, 2.05) is 0 Å². The highest BCUT2D eigenvalue weighted by molar-refractivity contribution is 9.25. The second kappa shape index (κ2) is 6.18. The standard InChI is InChI=1S/C23H32Br2O5/c1-12(2)21-10-7-13-19(3)8-6-9-20(4,17(26)28-5)14(19)11-15-22(13,23(15,24)25)16(21)29-18(27)30-21/h12-16H,6-11H2,1-5H3/t13-,14-,15-,16-,19-,20-,21+,22+/m1/s1. The fourth-order valence-corrected chi connectivity index (χ4v) is 11.2. The maximum atomic E-state index is 13.0. The van der Waals surface area contributed by atoms with Gasteiger partial charge in [-0.2, -0.15) is 0 Å². The molecule has 0 aromatic heterocycles. The molecule has 0 aromatic rings. The summed E-state index contributed by atoms with van der Waals surface area (Å²) in [5, 5.41) is 0. The molecule has 1 saturated heterocycles. The molecule has 0 N–H and O–H groups in total. The number of halogens is 2. The minimum atomic E-state index is -0.571. The van der Waals surface area contributed by atoms with Gasteiger partial charge in [-0.3, -0.25) is 4.79 Å². The lowest BCUT2D eigenvalue weighted by molar-refractivity contribution is -0.195. The van der Waals surface area contributed by atoms with Gasteiger partial charge < -0.3 is 14.2 Å². The summed E-state index contributed by atoms with van der Waals surface area (Å²) in [4.78, 5) is 25.4. The van der Waals surface area contributed by atoms with Crippen molar-refractivity contribution in [3.8, 4) is 0 Å². The van der Waals surface area contributed by atoms with Crippen LogP contribution < -0.4 is 0 Å². The summed E-state index contributed by atoms with van der Waals surface area (Å²) >= 11 is 8.09. The van der Waals surface area contributed by atoms with Crippen LogP contribution in [0.4, 0.5) is 4.79 Å². The van der Waals surface area contributed by atoms with E-state index in [0.29, 0.717) is 5.92 Å². The zero-order chi connectivity index (χ0) is 21.9. The minimum Gasteiger partial charge on any atom is -0.469 e. The van der Waals surface area contributed by atoms with Gasteiger partial charge in [-0.05, 0) is 68.1 Å². The topological polar surface area (TPSA) is 61.8 Å². The molecule has 4 saturated carbocycles. The first-order valence-electron chi connectivity index (χ1n) is 11.3. The van der Waals surface area contributed by atoms with E-state index in [4.69, 9.17) is 14.2 Å². The SMILES string of the molecule is COC(=O)[C@]1(C)CCC[C@]2(C)[C@H]3CC[C@@]4(C(C)C)OC(=O)O[C@H]4[C@@]34[C@@H](C[C@H]21)C4(Br)Br. The van der Waals surface area contributed by atoms with E-state index in [1.54, 1.807) is 0 Å². The number of hydrogen-bond acceptors (Lipinski definition) is 5. The zero-order valence-electron chi connectivity index (χ0n) is 18.4. The quantitative estimate of drug-likeness (QED) is 0.322. The number of ether oxygens (including phenoxy) is 3. The molecular formula is C23H32Br2O5. The van der Waals surface area contributed by atoms with E-state index in [1.165, 1.54) is 7.11 Å². The van der Waals surface area contributed by atoms with Crippen LogP contribution in [0.3, 0.4) is 0 Å². The molecule has 1 heterocycles. The van der Waals surface area contributed by atoms with Gasteiger partial charge in [-0.15, -0.1) is 0 Å². The Balaban J connectivity index is 1.64. The van der Waals surface area contributed by atoms with Crippen molar-refractivity contribution in [2.24, 2.45) is 39.9 Å². The van der Waals surface area contributed by atoms with E-state index < -0.39 is 17.2 Å². The molecule has 1 spiro atoms. The zero-order valence-corrected chi connectivity index (χ0v) is 21.6. The monoisotopic (exact) mass is 546 g/mol. The summed E-state index contributed by atoms with van der Waals surface area (Å²) in [5.74, 6) is 0.954. The van der Waals surface area contributed by atoms with Crippen LogP contribution in [-0.4, -0.2) is 34.2 Å². The second-order valence-corrected chi connectivity index (χ2v) is 14.8. The first kappa shape index (κ1) is 21.5. The molecule has 30 heavy (non-hydrogen) atoms. The van der Waals surface area contributed by atoms with Crippen LogP contribution >= 0.6 is 31.9 Å². The summed E-state index contributed by atoms with van der Waals surface area (Å²) in [5.41, 5.74) is -1.28. The maximum Gasteiger partial charge on any atom is 0.509 e. The average molecular weight is 548 g/mol. The third-order valence-electron chi connectivity index (χ3n) is 10.1. The van der Waals surface area contributed by atoms with Crippen LogP contribution in [0, 0.1) is 39.9 Å². The minimum absolute atomic E-state index is 0.0148. The van der Waals surface area contributed by atoms with E-state index in [-0.39, 0.29) is 43.9 Å². The van der Waals surface area contributed by atoms with Crippen LogP contribution in [0.2, 0.25) is 0 Å². The van der Waals surface area contributed by atoms with E-state index >= 15 is 0 Å². The van der Waals surface area contributed by atoms with Crippen LogP contribution in [0.15, 0.2) is 0 Å². The van der Waals surface area contributed by atoms with Crippen LogP contribution in [-0.2, 0) is 19.0 Å². The third kappa shape index (κ3) is 2.16.